The molecule has 102 valence electrons. The minimum atomic E-state index is -4.44. The van der Waals surface area contributed by atoms with Crippen molar-refractivity contribution in [3.8, 4) is 0 Å². The van der Waals surface area contributed by atoms with Crippen molar-refractivity contribution in [2.75, 3.05) is 0 Å². The molecule has 0 spiro atoms. The van der Waals surface area contributed by atoms with E-state index in [1.54, 1.807) is 34.6 Å². The fourth-order valence-corrected chi connectivity index (χ4v) is 1.68. The highest BCUT2D eigenvalue weighted by molar-refractivity contribution is 5.27. The SMILES string of the molecule is CC(C)n1cc(C(F)(F)F)cc(C(C)(C)C)c1=O. The quantitative estimate of drug-likeness (QED) is 0.754. The predicted molar refractivity (Wildman–Crippen MR) is 64.8 cm³/mol. The first kappa shape index (κ1) is 14.8. The molecule has 0 amide bonds. The normalized spacial score (nSPS) is 13.2. The standard InChI is InChI=1S/C13H18F3NO/c1-8(2)17-7-9(13(14,15)16)6-10(11(17)18)12(3,4)5/h6-8H,1-5H3. The summed E-state index contributed by atoms with van der Waals surface area (Å²) in [6.07, 6.45) is -3.55. The van der Waals surface area contributed by atoms with E-state index in [1.165, 1.54) is 0 Å². The lowest BCUT2D eigenvalue weighted by molar-refractivity contribution is -0.138. The maximum Gasteiger partial charge on any atom is 0.417 e. The van der Waals surface area contributed by atoms with Crippen LogP contribution in [0.25, 0.3) is 0 Å². The average Bonchev–Trinajstić information content (AvgIpc) is 2.13. The highest BCUT2D eigenvalue weighted by Crippen LogP contribution is 2.31. The Labute approximate surface area is 104 Å². The first-order chi connectivity index (χ1) is 7.94. The third kappa shape index (κ3) is 2.94. The summed E-state index contributed by atoms with van der Waals surface area (Å²) >= 11 is 0. The van der Waals surface area contributed by atoms with Crippen molar-refractivity contribution in [2.24, 2.45) is 0 Å². The number of halogens is 3. The van der Waals surface area contributed by atoms with Crippen LogP contribution in [0.5, 0.6) is 0 Å². The Kier molecular flexibility index (Phi) is 3.65. The maximum absolute atomic E-state index is 12.8. The first-order valence-electron chi connectivity index (χ1n) is 5.78. The van der Waals surface area contributed by atoms with E-state index >= 15 is 0 Å². The molecule has 1 rings (SSSR count). The number of pyridine rings is 1. The van der Waals surface area contributed by atoms with Gasteiger partial charge < -0.3 is 4.57 Å². The molecule has 5 heteroatoms. The van der Waals surface area contributed by atoms with Gasteiger partial charge in [-0.05, 0) is 25.3 Å². The molecule has 0 N–H and O–H groups in total. The Balaban J connectivity index is 3.64. The molecule has 0 unspecified atom stereocenters. The Morgan fingerprint density at radius 3 is 2.00 bits per heavy atom. The fraction of sp³-hybridized carbons (Fsp3) is 0.615. The zero-order chi connectivity index (χ0) is 14.3. The van der Waals surface area contributed by atoms with Crippen molar-refractivity contribution < 1.29 is 13.2 Å². The van der Waals surface area contributed by atoms with Crippen LogP contribution in [-0.4, -0.2) is 4.57 Å². The Bertz CT molecular complexity index is 492. The predicted octanol–water partition coefficient (Wildman–Crippen LogP) is 3.75. The van der Waals surface area contributed by atoms with E-state index in [1.807, 2.05) is 0 Å². The molecule has 0 saturated heterocycles. The smallest absolute Gasteiger partial charge is 0.312 e. The number of nitrogens with zero attached hydrogens (tertiary/aromatic N) is 1. The van der Waals surface area contributed by atoms with Crippen molar-refractivity contribution >= 4 is 0 Å². The summed E-state index contributed by atoms with van der Waals surface area (Å²) < 4.78 is 39.6. The van der Waals surface area contributed by atoms with E-state index in [2.05, 4.69) is 0 Å². The van der Waals surface area contributed by atoms with Gasteiger partial charge in [-0.1, -0.05) is 20.8 Å². The number of alkyl halides is 3. The van der Waals surface area contributed by atoms with Gasteiger partial charge in [-0.15, -0.1) is 0 Å². The molecule has 0 atom stereocenters. The van der Waals surface area contributed by atoms with Crippen LogP contribution in [0.2, 0.25) is 0 Å². The van der Waals surface area contributed by atoms with E-state index in [0.29, 0.717) is 0 Å². The van der Waals surface area contributed by atoms with Gasteiger partial charge in [0.05, 0.1) is 5.56 Å². The zero-order valence-electron chi connectivity index (χ0n) is 11.2. The third-order valence-corrected chi connectivity index (χ3v) is 2.73. The molecule has 1 aromatic rings. The molecular weight excluding hydrogens is 243 g/mol. The topological polar surface area (TPSA) is 22.0 Å². The Morgan fingerprint density at radius 1 is 1.17 bits per heavy atom. The lowest BCUT2D eigenvalue weighted by Gasteiger charge is -2.23. The average molecular weight is 261 g/mol. The summed E-state index contributed by atoms with van der Waals surface area (Å²) in [5.74, 6) is 0. The second kappa shape index (κ2) is 4.44. The molecule has 0 bridgehead atoms. The van der Waals surface area contributed by atoms with Crippen molar-refractivity contribution in [3.05, 3.63) is 33.7 Å². The fourth-order valence-electron chi connectivity index (χ4n) is 1.68. The molecule has 1 aromatic heterocycles. The summed E-state index contributed by atoms with van der Waals surface area (Å²) in [7, 11) is 0. The highest BCUT2D eigenvalue weighted by atomic mass is 19.4. The van der Waals surface area contributed by atoms with Gasteiger partial charge in [0.1, 0.15) is 0 Å². The van der Waals surface area contributed by atoms with Crippen molar-refractivity contribution in [2.45, 2.75) is 52.3 Å². The van der Waals surface area contributed by atoms with Crippen LogP contribution in [-0.2, 0) is 11.6 Å². The van der Waals surface area contributed by atoms with E-state index in [4.69, 9.17) is 0 Å². The second-order valence-electron chi connectivity index (χ2n) is 5.70. The van der Waals surface area contributed by atoms with Crippen LogP contribution in [0.15, 0.2) is 17.1 Å². The minimum absolute atomic E-state index is 0.186. The third-order valence-electron chi connectivity index (χ3n) is 2.73. The van der Waals surface area contributed by atoms with Crippen LogP contribution in [0, 0.1) is 0 Å². The van der Waals surface area contributed by atoms with Crippen LogP contribution < -0.4 is 5.56 Å². The first-order valence-corrected chi connectivity index (χ1v) is 5.78. The van der Waals surface area contributed by atoms with Crippen LogP contribution in [0.3, 0.4) is 0 Å². The molecule has 0 fully saturated rings. The number of hydrogen-bond acceptors (Lipinski definition) is 1. The van der Waals surface area contributed by atoms with Crippen LogP contribution >= 0.6 is 0 Å². The maximum atomic E-state index is 12.8. The Hall–Kier alpha value is -1.26. The van der Waals surface area contributed by atoms with Crippen molar-refractivity contribution in [1.82, 2.24) is 4.57 Å². The van der Waals surface area contributed by atoms with Gasteiger partial charge in [-0.2, -0.15) is 13.2 Å². The van der Waals surface area contributed by atoms with E-state index < -0.39 is 17.2 Å². The molecule has 0 aliphatic carbocycles. The van der Waals surface area contributed by atoms with E-state index in [0.717, 1.165) is 16.8 Å². The van der Waals surface area contributed by atoms with Gasteiger partial charge in [0, 0.05) is 17.8 Å². The summed E-state index contributed by atoms with van der Waals surface area (Å²) in [4.78, 5) is 12.1. The van der Waals surface area contributed by atoms with Crippen LogP contribution in [0.4, 0.5) is 13.2 Å². The van der Waals surface area contributed by atoms with Crippen molar-refractivity contribution in [1.29, 1.82) is 0 Å². The molecule has 0 aliphatic rings. The molecule has 0 aliphatic heterocycles. The van der Waals surface area contributed by atoms with Crippen molar-refractivity contribution in [3.63, 3.8) is 0 Å². The van der Waals surface area contributed by atoms with Gasteiger partial charge in [-0.25, -0.2) is 0 Å². The molecule has 0 aromatic carbocycles. The summed E-state index contributed by atoms with van der Waals surface area (Å²) in [6.45, 7) is 8.57. The summed E-state index contributed by atoms with van der Waals surface area (Å²) in [5.41, 5.74) is -1.56. The summed E-state index contributed by atoms with van der Waals surface area (Å²) in [5, 5.41) is 0. The monoisotopic (exact) mass is 261 g/mol. The molecular formula is C13H18F3NO. The minimum Gasteiger partial charge on any atom is -0.312 e. The molecule has 0 saturated carbocycles. The van der Waals surface area contributed by atoms with Gasteiger partial charge in [0.15, 0.2) is 0 Å². The highest BCUT2D eigenvalue weighted by Gasteiger charge is 2.34. The zero-order valence-corrected chi connectivity index (χ0v) is 11.2. The van der Waals surface area contributed by atoms with Gasteiger partial charge in [0.25, 0.3) is 5.56 Å². The summed E-state index contributed by atoms with van der Waals surface area (Å²) in [6, 6.07) is 0.655. The van der Waals surface area contributed by atoms with Gasteiger partial charge in [0.2, 0.25) is 0 Å². The molecule has 2 nitrogen and oxygen atoms in total. The second-order valence-corrected chi connectivity index (χ2v) is 5.70. The number of aromatic nitrogens is 1. The van der Waals surface area contributed by atoms with Gasteiger partial charge in [-0.3, -0.25) is 4.79 Å². The van der Waals surface area contributed by atoms with E-state index in [-0.39, 0.29) is 17.2 Å². The number of rotatable bonds is 1. The molecule has 1 heterocycles. The molecule has 18 heavy (non-hydrogen) atoms. The van der Waals surface area contributed by atoms with Crippen LogP contribution in [0.1, 0.15) is 51.8 Å². The lowest BCUT2D eigenvalue weighted by Crippen LogP contribution is -2.32. The number of hydrogen-bond donors (Lipinski definition) is 0. The van der Waals surface area contributed by atoms with Gasteiger partial charge >= 0.3 is 6.18 Å². The van der Waals surface area contributed by atoms with E-state index in [9.17, 15) is 18.0 Å². The largest absolute Gasteiger partial charge is 0.417 e. The Morgan fingerprint density at radius 2 is 1.67 bits per heavy atom. The molecule has 0 radical (unpaired) electrons. The lowest BCUT2D eigenvalue weighted by atomic mass is 9.87.